The first-order chi connectivity index (χ1) is 14.3. The van der Waals surface area contributed by atoms with Crippen molar-refractivity contribution in [2.75, 3.05) is 13.1 Å². The third-order valence-electron chi connectivity index (χ3n) is 5.15. The van der Waals surface area contributed by atoms with Gasteiger partial charge in [0.25, 0.3) is 0 Å². The quantitative estimate of drug-likeness (QED) is 0.537. The number of likely N-dealkylation sites (tertiary alicyclic amines) is 1. The Labute approximate surface area is 187 Å². The van der Waals surface area contributed by atoms with Gasteiger partial charge in [0.15, 0.2) is 0 Å². The van der Waals surface area contributed by atoms with Crippen molar-refractivity contribution in [2.24, 2.45) is 11.8 Å². The van der Waals surface area contributed by atoms with Crippen molar-refractivity contribution in [1.29, 1.82) is 0 Å². The number of nitrogens with zero attached hydrogens (tertiary/aromatic N) is 1. The lowest BCUT2D eigenvalue weighted by molar-refractivity contribution is -0.132. The molecule has 0 aromatic heterocycles. The average molecular weight is 442 g/mol. The topological polar surface area (TPSA) is 108 Å². The molecule has 180 valence electrons. The Balaban J connectivity index is 2.72. The summed E-state index contributed by atoms with van der Waals surface area (Å²) in [6.45, 7) is 14.2. The van der Waals surface area contributed by atoms with Crippen LogP contribution < -0.4 is 10.6 Å². The van der Waals surface area contributed by atoms with E-state index in [1.54, 1.807) is 25.7 Å². The smallest absolute Gasteiger partial charge is 0.408 e. The highest BCUT2D eigenvalue weighted by Crippen LogP contribution is 2.16. The molecular formula is C23H43N3O5. The number of aliphatic hydroxyl groups excluding tert-OH is 1. The van der Waals surface area contributed by atoms with Gasteiger partial charge in [0.05, 0.1) is 12.1 Å². The summed E-state index contributed by atoms with van der Waals surface area (Å²) in [6, 6.07) is -1.22. The molecular weight excluding hydrogens is 398 g/mol. The third kappa shape index (κ3) is 10.8. The van der Waals surface area contributed by atoms with Crippen molar-refractivity contribution >= 4 is 17.9 Å². The molecule has 1 rings (SSSR count). The van der Waals surface area contributed by atoms with E-state index >= 15 is 0 Å². The van der Waals surface area contributed by atoms with E-state index in [9.17, 15) is 19.5 Å². The van der Waals surface area contributed by atoms with Crippen LogP contribution in [0, 0.1) is 11.8 Å². The molecule has 3 atom stereocenters. The molecule has 1 fully saturated rings. The number of hydrogen-bond acceptors (Lipinski definition) is 5. The Kier molecular flexibility index (Phi) is 10.8. The summed E-state index contributed by atoms with van der Waals surface area (Å²) in [5.74, 6) is 0.328. The van der Waals surface area contributed by atoms with Crippen LogP contribution in [-0.4, -0.2) is 64.8 Å². The van der Waals surface area contributed by atoms with Gasteiger partial charge < -0.3 is 25.4 Å². The van der Waals surface area contributed by atoms with Gasteiger partial charge in [-0.3, -0.25) is 9.59 Å². The summed E-state index contributed by atoms with van der Waals surface area (Å²) in [6.07, 6.45) is 1.52. The maximum Gasteiger partial charge on any atom is 0.408 e. The van der Waals surface area contributed by atoms with Crippen molar-refractivity contribution in [3.05, 3.63) is 0 Å². The Hall–Kier alpha value is -1.83. The molecule has 0 aliphatic carbocycles. The number of alkyl carbamates (subject to hydrolysis) is 1. The third-order valence-corrected chi connectivity index (χ3v) is 5.15. The standard InChI is InChI=1S/C23H43N3O5/c1-15(2)10-11-20(28)26-12-8-9-17(19(27)14-26)24-21(29)18(13-16(3)4)25-22(30)31-23(5,6)7/h15-19,27H,8-14H2,1-7H3,(H,24,29)(H,25,30). The van der Waals surface area contributed by atoms with Crippen LogP contribution in [-0.2, 0) is 14.3 Å². The molecule has 3 amide bonds. The van der Waals surface area contributed by atoms with Crippen LogP contribution in [0.5, 0.6) is 0 Å². The summed E-state index contributed by atoms with van der Waals surface area (Å²) in [4.78, 5) is 39.3. The zero-order valence-electron chi connectivity index (χ0n) is 20.4. The Bertz CT molecular complexity index is 601. The van der Waals surface area contributed by atoms with Gasteiger partial charge in [-0.1, -0.05) is 27.7 Å². The molecule has 1 aliphatic rings. The van der Waals surface area contributed by atoms with Gasteiger partial charge in [0, 0.05) is 19.5 Å². The van der Waals surface area contributed by atoms with Gasteiger partial charge in [-0.05, 0) is 58.3 Å². The molecule has 8 nitrogen and oxygen atoms in total. The van der Waals surface area contributed by atoms with Crippen molar-refractivity contribution in [3.63, 3.8) is 0 Å². The zero-order valence-corrected chi connectivity index (χ0v) is 20.4. The van der Waals surface area contributed by atoms with Gasteiger partial charge >= 0.3 is 6.09 Å². The van der Waals surface area contributed by atoms with Gasteiger partial charge in [-0.15, -0.1) is 0 Å². The van der Waals surface area contributed by atoms with E-state index in [4.69, 9.17) is 4.74 Å². The van der Waals surface area contributed by atoms with Crippen molar-refractivity contribution in [3.8, 4) is 0 Å². The van der Waals surface area contributed by atoms with Crippen molar-refractivity contribution in [1.82, 2.24) is 15.5 Å². The van der Waals surface area contributed by atoms with E-state index in [2.05, 4.69) is 24.5 Å². The van der Waals surface area contributed by atoms with E-state index < -0.39 is 29.9 Å². The molecule has 0 aromatic carbocycles. The highest BCUT2D eigenvalue weighted by Gasteiger charge is 2.32. The second-order valence-electron chi connectivity index (χ2n) is 10.4. The summed E-state index contributed by atoms with van der Waals surface area (Å²) < 4.78 is 5.29. The average Bonchev–Trinajstić information content (AvgIpc) is 2.79. The molecule has 0 aromatic rings. The number of ether oxygens (including phenoxy) is 1. The van der Waals surface area contributed by atoms with Crippen LogP contribution in [0.1, 0.15) is 80.6 Å². The molecule has 3 N–H and O–H groups in total. The van der Waals surface area contributed by atoms with Gasteiger partial charge in [-0.2, -0.15) is 0 Å². The van der Waals surface area contributed by atoms with Crippen LogP contribution in [0.25, 0.3) is 0 Å². The van der Waals surface area contributed by atoms with Gasteiger partial charge in [-0.25, -0.2) is 4.79 Å². The summed E-state index contributed by atoms with van der Waals surface area (Å²) >= 11 is 0. The minimum absolute atomic E-state index is 0.0454. The van der Waals surface area contributed by atoms with Crippen LogP contribution >= 0.6 is 0 Å². The van der Waals surface area contributed by atoms with E-state index in [0.29, 0.717) is 38.1 Å². The number of rotatable bonds is 8. The second-order valence-corrected chi connectivity index (χ2v) is 10.4. The molecule has 0 bridgehead atoms. The second kappa shape index (κ2) is 12.3. The lowest BCUT2D eigenvalue weighted by Gasteiger charge is -2.28. The lowest BCUT2D eigenvalue weighted by atomic mass is 10.0. The van der Waals surface area contributed by atoms with E-state index in [-0.39, 0.29) is 24.3 Å². The SMILES string of the molecule is CC(C)CCC(=O)N1CCCC(NC(=O)C(CC(C)C)NC(=O)OC(C)(C)C)C(O)C1. The fraction of sp³-hybridized carbons (Fsp3) is 0.870. The largest absolute Gasteiger partial charge is 0.444 e. The predicted octanol–water partition coefficient (Wildman–Crippen LogP) is 2.83. The summed E-state index contributed by atoms with van der Waals surface area (Å²) in [5.41, 5.74) is -0.661. The van der Waals surface area contributed by atoms with E-state index in [1.807, 2.05) is 13.8 Å². The fourth-order valence-electron chi connectivity index (χ4n) is 3.54. The number of β-amino-alcohol motifs (C(OH)–C–C–N with tert-alkyl or cyclic N) is 1. The van der Waals surface area contributed by atoms with Gasteiger partial charge in [0.1, 0.15) is 11.6 Å². The molecule has 1 aliphatic heterocycles. The first-order valence-electron chi connectivity index (χ1n) is 11.5. The first kappa shape index (κ1) is 27.2. The Morgan fingerprint density at radius 1 is 1.13 bits per heavy atom. The number of amides is 3. The fourth-order valence-corrected chi connectivity index (χ4v) is 3.54. The molecule has 31 heavy (non-hydrogen) atoms. The number of nitrogens with one attached hydrogen (secondary N) is 2. The number of carbonyl (C=O) groups excluding carboxylic acids is 3. The summed E-state index contributed by atoms with van der Waals surface area (Å²) in [7, 11) is 0. The highest BCUT2D eigenvalue weighted by atomic mass is 16.6. The summed E-state index contributed by atoms with van der Waals surface area (Å²) in [5, 5.41) is 16.2. The van der Waals surface area contributed by atoms with E-state index in [1.165, 1.54) is 0 Å². The highest BCUT2D eigenvalue weighted by molar-refractivity contribution is 5.86. The van der Waals surface area contributed by atoms with Crippen molar-refractivity contribution in [2.45, 2.75) is 104 Å². The van der Waals surface area contributed by atoms with Gasteiger partial charge in [0.2, 0.25) is 11.8 Å². The van der Waals surface area contributed by atoms with Crippen LogP contribution in [0.2, 0.25) is 0 Å². The number of aliphatic hydroxyl groups is 1. The van der Waals surface area contributed by atoms with E-state index in [0.717, 1.165) is 6.42 Å². The molecule has 1 heterocycles. The maximum absolute atomic E-state index is 12.9. The maximum atomic E-state index is 12.9. The molecule has 3 unspecified atom stereocenters. The first-order valence-corrected chi connectivity index (χ1v) is 11.5. The molecule has 0 radical (unpaired) electrons. The zero-order chi connectivity index (χ0) is 23.8. The van der Waals surface area contributed by atoms with Crippen LogP contribution in [0.3, 0.4) is 0 Å². The minimum atomic E-state index is -0.851. The van der Waals surface area contributed by atoms with Crippen LogP contribution in [0.15, 0.2) is 0 Å². The number of hydrogen-bond donors (Lipinski definition) is 3. The normalized spacial score (nSPS) is 20.9. The van der Waals surface area contributed by atoms with Crippen LogP contribution in [0.4, 0.5) is 4.79 Å². The molecule has 0 saturated carbocycles. The Morgan fingerprint density at radius 2 is 1.77 bits per heavy atom. The lowest BCUT2D eigenvalue weighted by Crippen LogP contribution is -2.54. The monoisotopic (exact) mass is 441 g/mol. The molecule has 0 spiro atoms. The Morgan fingerprint density at radius 3 is 2.32 bits per heavy atom. The van der Waals surface area contributed by atoms with Crippen molar-refractivity contribution < 1.29 is 24.2 Å². The molecule has 8 heteroatoms. The molecule has 1 saturated heterocycles. The minimum Gasteiger partial charge on any atom is -0.444 e. The number of carbonyl (C=O) groups is 3. The predicted molar refractivity (Wildman–Crippen MR) is 120 cm³/mol.